The smallest absolute Gasteiger partial charge is 0.203 e. The van der Waals surface area contributed by atoms with Crippen molar-refractivity contribution in [3.63, 3.8) is 0 Å². The van der Waals surface area contributed by atoms with E-state index >= 15 is 0 Å². The average molecular weight is 520 g/mol. The number of benzene rings is 2. The first-order valence-corrected chi connectivity index (χ1v) is 8.85. The molecule has 1 N–H and O–H groups in total. The molecule has 0 aliphatic rings. The highest BCUT2D eigenvalue weighted by Gasteiger charge is 2.16. The second kappa shape index (κ2) is 11.9. The molecule has 0 radical (unpaired) electrons. The molecule has 0 saturated heterocycles. The third kappa shape index (κ3) is 6.07. The van der Waals surface area contributed by atoms with Crippen molar-refractivity contribution in [2.75, 3.05) is 35.4 Å². The molecular formula is C20H27ClIN3O3. The molecule has 0 atom stereocenters. The van der Waals surface area contributed by atoms with E-state index in [-0.39, 0.29) is 24.0 Å². The fourth-order valence-corrected chi connectivity index (χ4v) is 2.93. The molecule has 0 bridgehead atoms. The van der Waals surface area contributed by atoms with E-state index in [4.69, 9.17) is 25.8 Å². The average Bonchev–Trinajstić information content (AvgIpc) is 2.69. The normalized spacial score (nSPS) is 10.7. The maximum Gasteiger partial charge on any atom is 0.203 e. The lowest BCUT2D eigenvalue weighted by atomic mass is 10.1. The van der Waals surface area contributed by atoms with E-state index in [9.17, 15) is 0 Å². The molecule has 154 valence electrons. The fraction of sp³-hybridized carbons (Fsp3) is 0.350. The fourth-order valence-electron chi connectivity index (χ4n) is 2.80. The van der Waals surface area contributed by atoms with Crippen molar-refractivity contribution in [2.45, 2.75) is 13.1 Å². The summed E-state index contributed by atoms with van der Waals surface area (Å²) in [6, 6.07) is 11.6. The van der Waals surface area contributed by atoms with Crippen molar-refractivity contribution in [2.24, 2.45) is 4.99 Å². The number of ether oxygens (including phenoxy) is 3. The van der Waals surface area contributed by atoms with Crippen LogP contribution in [0.1, 0.15) is 11.1 Å². The standard InChI is InChI=1S/C20H26ClN3O3.HI/c1-22-20(24(2)13-14-6-9-16(21)10-7-14)23-12-15-8-11-17(25-3)19(27-5)18(15)26-4;/h6-11H,12-13H2,1-5H3,(H,22,23);1H. The third-order valence-electron chi connectivity index (χ3n) is 4.13. The molecule has 8 heteroatoms. The largest absolute Gasteiger partial charge is 0.493 e. The topological polar surface area (TPSA) is 55.3 Å². The maximum absolute atomic E-state index is 5.95. The molecule has 0 fully saturated rings. The van der Waals surface area contributed by atoms with E-state index < -0.39 is 0 Å². The van der Waals surface area contributed by atoms with Crippen molar-refractivity contribution >= 4 is 41.5 Å². The Balaban J connectivity index is 0.00000392. The van der Waals surface area contributed by atoms with Gasteiger partial charge in [0.1, 0.15) is 0 Å². The second-order valence-electron chi connectivity index (χ2n) is 5.88. The highest BCUT2D eigenvalue weighted by Crippen LogP contribution is 2.39. The van der Waals surface area contributed by atoms with Gasteiger partial charge in [0, 0.05) is 37.8 Å². The monoisotopic (exact) mass is 519 g/mol. The molecule has 0 aliphatic carbocycles. The van der Waals surface area contributed by atoms with Gasteiger partial charge in [-0.05, 0) is 29.8 Å². The quantitative estimate of drug-likeness (QED) is 0.338. The molecule has 0 amide bonds. The minimum absolute atomic E-state index is 0. The van der Waals surface area contributed by atoms with Crippen LogP contribution in [0.3, 0.4) is 0 Å². The Labute approximate surface area is 188 Å². The summed E-state index contributed by atoms with van der Waals surface area (Å²) < 4.78 is 16.3. The van der Waals surface area contributed by atoms with Gasteiger partial charge in [-0.15, -0.1) is 24.0 Å². The van der Waals surface area contributed by atoms with Gasteiger partial charge in [0.2, 0.25) is 5.75 Å². The second-order valence-corrected chi connectivity index (χ2v) is 6.31. The Bertz CT molecular complexity index is 785. The van der Waals surface area contributed by atoms with Crippen LogP contribution in [0.2, 0.25) is 5.02 Å². The molecule has 0 unspecified atom stereocenters. The summed E-state index contributed by atoms with van der Waals surface area (Å²) in [4.78, 5) is 6.40. The van der Waals surface area contributed by atoms with E-state index in [1.165, 1.54) is 0 Å². The Hall–Kier alpha value is -1.87. The number of aliphatic imine (C=N–C) groups is 1. The molecule has 0 saturated carbocycles. The number of nitrogens with one attached hydrogen (secondary N) is 1. The van der Waals surface area contributed by atoms with Gasteiger partial charge in [-0.1, -0.05) is 23.7 Å². The minimum Gasteiger partial charge on any atom is -0.493 e. The molecule has 0 aliphatic heterocycles. The Morgan fingerprint density at radius 3 is 2.18 bits per heavy atom. The Morgan fingerprint density at radius 2 is 1.64 bits per heavy atom. The molecule has 2 aromatic carbocycles. The first-order valence-electron chi connectivity index (χ1n) is 8.48. The van der Waals surface area contributed by atoms with E-state index in [2.05, 4.69) is 10.3 Å². The molecule has 28 heavy (non-hydrogen) atoms. The van der Waals surface area contributed by atoms with Crippen molar-refractivity contribution in [1.82, 2.24) is 10.2 Å². The maximum atomic E-state index is 5.95. The van der Waals surface area contributed by atoms with Gasteiger partial charge < -0.3 is 24.4 Å². The van der Waals surface area contributed by atoms with Crippen LogP contribution < -0.4 is 19.5 Å². The summed E-state index contributed by atoms with van der Waals surface area (Å²) in [6.45, 7) is 1.24. The van der Waals surface area contributed by atoms with E-state index in [0.717, 1.165) is 22.1 Å². The SMILES string of the molecule is CN=C(NCc1ccc(OC)c(OC)c1OC)N(C)Cc1ccc(Cl)cc1.I. The van der Waals surface area contributed by atoms with Crippen LogP contribution in [-0.2, 0) is 13.1 Å². The van der Waals surface area contributed by atoms with Gasteiger partial charge in [-0.25, -0.2) is 0 Å². The van der Waals surface area contributed by atoms with Gasteiger partial charge in [-0.3, -0.25) is 4.99 Å². The van der Waals surface area contributed by atoms with E-state index in [1.807, 2.05) is 48.3 Å². The molecule has 2 aromatic rings. The molecule has 0 spiro atoms. The lowest BCUT2D eigenvalue weighted by Crippen LogP contribution is -2.38. The highest BCUT2D eigenvalue weighted by molar-refractivity contribution is 14.0. The van der Waals surface area contributed by atoms with Crippen LogP contribution in [0.25, 0.3) is 0 Å². The first-order chi connectivity index (χ1) is 13.0. The number of guanidine groups is 1. The molecule has 0 heterocycles. The zero-order valence-electron chi connectivity index (χ0n) is 16.8. The predicted molar refractivity (Wildman–Crippen MR) is 125 cm³/mol. The summed E-state index contributed by atoms with van der Waals surface area (Å²) in [5.74, 6) is 2.60. The van der Waals surface area contributed by atoms with Gasteiger partial charge in [0.05, 0.1) is 21.3 Å². The lowest BCUT2D eigenvalue weighted by molar-refractivity contribution is 0.322. The summed E-state index contributed by atoms with van der Waals surface area (Å²) in [5, 5.41) is 4.08. The van der Waals surface area contributed by atoms with Crippen molar-refractivity contribution in [3.05, 3.63) is 52.5 Å². The minimum atomic E-state index is 0. The summed E-state index contributed by atoms with van der Waals surface area (Å²) in [6.07, 6.45) is 0. The molecule has 0 aromatic heterocycles. The summed E-state index contributed by atoms with van der Waals surface area (Å²) in [7, 11) is 8.55. The molecular weight excluding hydrogens is 493 g/mol. The third-order valence-corrected chi connectivity index (χ3v) is 4.38. The zero-order chi connectivity index (χ0) is 19.8. The summed E-state index contributed by atoms with van der Waals surface area (Å²) >= 11 is 5.95. The van der Waals surface area contributed by atoms with E-state index in [1.54, 1.807) is 28.4 Å². The lowest BCUT2D eigenvalue weighted by Gasteiger charge is -2.23. The summed E-state index contributed by atoms with van der Waals surface area (Å²) in [5.41, 5.74) is 2.09. The number of nitrogens with zero attached hydrogens (tertiary/aromatic N) is 2. The van der Waals surface area contributed by atoms with Gasteiger partial charge in [0.15, 0.2) is 17.5 Å². The number of methoxy groups -OCH3 is 3. The van der Waals surface area contributed by atoms with Crippen LogP contribution in [0.4, 0.5) is 0 Å². The van der Waals surface area contributed by atoms with Gasteiger partial charge in [-0.2, -0.15) is 0 Å². The molecule has 6 nitrogen and oxygen atoms in total. The van der Waals surface area contributed by atoms with Crippen LogP contribution >= 0.6 is 35.6 Å². The van der Waals surface area contributed by atoms with Crippen LogP contribution in [0, 0.1) is 0 Å². The van der Waals surface area contributed by atoms with Crippen LogP contribution in [0.15, 0.2) is 41.4 Å². The van der Waals surface area contributed by atoms with Crippen LogP contribution in [0.5, 0.6) is 17.2 Å². The Morgan fingerprint density at radius 1 is 1.00 bits per heavy atom. The number of rotatable bonds is 7. The zero-order valence-corrected chi connectivity index (χ0v) is 19.9. The molecule has 2 rings (SSSR count). The van der Waals surface area contributed by atoms with Gasteiger partial charge >= 0.3 is 0 Å². The number of halogens is 2. The van der Waals surface area contributed by atoms with Crippen molar-refractivity contribution in [1.29, 1.82) is 0 Å². The van der Waals surface area contributed by atoms with E-state index in [0.29, 0.717) is 30.3 Å². The van der Waals surface area contributed by atoms with Gasteiger partial charge in [0.25, 0.3) is 0 Å². The number of hydrogen-bond donors (Lipinski definition) is 1. The Kier molecular flexibility index (Phi) is 10.2. The predicted octanol–water partition coefficient (Wildman–Crippen LogP) is 4.19. The van der Waals surface area contributed by atoms with Crippen molar-refractivity contribution < 1.29 is 14.2 Å². The van der Waals surface area contributed by atoms with Crippen molar-refractivity contribution in [3.8, 4) is 17.2 Å². The highest BCUT2D eigenvalue weighted by atomic mass is 127. The first kappa shape index (κ1) is 24.2. The number of hydrogen-bond acceptors (Lipinski definition) is 4. The van der Waals surface area contributed by atoms with Crippen LogP contribution in [-0.4, -0.2) is 46.3 Å².